The highest BCUT2D eigenvalue weighted by Crippen LogP contribution is 2.33. The number of nitrogens with one attached hydrogen (secondary N) is 2. The number of aryl methyl sites for hydroxylation is 1. The van der Waals surface area contributed by atoms with Gasteiger partial charge in [-0.05, 0) is 93.1 Å². The van der Waals surface area contributed by atoms with Gasteiger partial charge in [0.05, 0.1) is 12.0 Å². The van der Waals surface area contributed by atoms with Crippen LogP contribution < -0.4 is 15.4 Å². The van der Waals surface area contributed by atoms with Crippen molar-refractivity contribution < 1.29 is 9.53 Å². The van der Waals surface area contributed by atoms with Gasteiger partial charge >= 0.3 is 0 Å². The van der Waals surface area contributed by atoms with E-state index in [4.69, 9.17) is 11.2 Å². The quantitative estimate of drug-likeness (QED) is 0.271. The van der Waals surface area contributed by atoms with Crippen molar-refractivity contribution in [2.24, 2.45) is 0 Å². The molecule has 1 aliphatic heterocycles. The molecule has 2 aromatic rings. The van der Waals surface area contributed by atoms with E-state index in [-0.39, 0.29) is 18.0 Å². The molecule has 144 valence electrons. The SMILES string of the molecule is C#CCOc1c(I)cc(/C=C2\S[C@H](Nc3ccc(CC)cc3)NC2=O)cc1I. The number of thioether (sulfide) groups is 1. The molecular weight excluding hydrogens is 598 g/mol. The minimum Gasteiger partial charge on any atom is -0.479 e. The Balaban J connectivity index is 1.72. The first kappa shape index (κ1) is 21.3. The van der Waals surface area contributed by atoms with Gasteiger partial charge < -0.3 is 15.4 Å². The van der Waals surface area contributed by atoms with Gasteiger partial charge in [0, 0.05) is 5.69 Å². The van der Waals surface area contributed by atoms with Gasteiger partial charge in [0.1, 0.15) is 12.4 Å². The second-order valence-electron chi connectivity index (χ2n) is 5.98. The molecule has 28 heavy (non-hydrogen) atoms. The lowest BCUT2D eigenvalue weighted by Crippen LogP contribution is -2.30. The van der Waals surface area contributed by atoms with E-state index in [0.717, 1.165) is 30.6 Å². The van der Waals surface area contributed by atoms with Crippen molar-refractivity contribution in [2.75, 3.05) is 11.9 Å². The zero-order valence-corrected chi connectivity index (χ0v) is 20.2. The number of hydrogen-bond acceptors (Lipinski definition) is 4. The summed E-state index contributed by atoms with van der Waals surface area (Å²) in [5.74, 6) is 3.18. The standard InChI is InChI=1S/C21H18I2N2O2S/c1-3-9-27-19-16(22)10-14(11-17(19)23)12-18-20(26)25-21(28-18)24-15-7-5-13(4-2)6-8-15/h1,5-8,10-12,21,24H,4,9H2,2H3,(H,25,26)/b18-12-/t21-/m1/s1. The molecule has 1 heterocycles. The molecule has 1 fully saturated rings. The molecule has 2 aromatic carbocycles. The summed E-state index contributed by atoms with van der Waals surface area (Å²) in [6.07, 6.45) is 8.18. The number of rotatable bonds is 6. The van der Waals surface area contributed by atoms with Crippen LogP contribution in [0.1, 0.15) is 18.1 Å². The number of carbonyl (C=O) groups is 1. The molecule has 4 nitrogen and oxygen atoms in total. The summed E-state index contributed by atoms with van der Waals surface area (Å²) in [7, 11) is 0. The number of carbonyl (C=O) groups excluding carboxylic acids is 1. The number of benzene rings is 2. The zero-order chi connectivity index (χ0) is 20.1. The Bertz CT molecular complexity index is 929. The third-order valence-electron chi connectivity index (χ3n) is 4.01. The number of amides is 1. The molecule has 1 aliphatic rings. The second kappa shape index (κ2) is 9.89. The Kier molecular flexibility index (Phi) is 7.54. The van der Waals surface area contributed by atoms with Gasteiger partial charge in [-0.25, -0.2) is 0 Å². The average molecular weight is 616 g/mol. The van der Waals surface area contributed by atoms with Gasteiger partial charge in [-0.2, -0.15) is 0 Å². The topological polar surface area (TPSA) is 50.4 Å². The highest BCUT2D eigenvalue weighted by atomic mass is 127. The van der Waals surface area contributed by atoms with Crippen LogP contribution in [0, 0.1) is 19.5 Å². The van der Waals surface area contributed by atoms with Crippen LogP contribution in [-0.2, 0) is 11.2 Å². The third-order valence-corrected chi connectivity index (χ3v) is 6.64. The van der Waals surface area contributed by atoms with Gasteiger partial charge in [0.25, 0.3) is 5.91 Å². The van der Waals surface area contributed by atoms with Crippen molar-refractivity contribution in [1.29, 1.82) is 0 Å². The summed E-state index contributed by atoms with van der Waals surface area (Å²) in [5, 5.41) is 6.31. The number of terminal acetylenes is 1. The predicted octanol–water partition coefficient (Wildman–Crippen LogP) is 5.07. The summed E-state index contributed by atoms with van der Waals surface area (Å²) < 4.78 is 7.51. The van der Waals surface area contributed by atoms with E-state index in [1.54, 1.807) is 0 Å². The lowest BCUT2D eigenvalue weighted by molar-refractivity contribution is -0.116. The molecule has 1 amide bonds. The van der Waals surface area contributed by atoms with Gasteiger partial charge in [-0.3, -0.25) is 4.79 Å². The van der Waals surface area contributed by atoms with E-state index in [1.165, 1.54) is 17.3 Å². The van der Waals surface area contributed by atoms with Crippen molar-refractivity contribution in [3.63, 3.8) is 0 Å². The van der Waals surface area contributed by atoms with E-state index in [1.807, 2.05) is 30.3 Å². The van der Waals surface area contributed by atoms with Gasteiger partial charge in [-0.1, -0.05) is 36.7 Å². The molecule has 1 atom stereocenters. The average Bonchev–Trinajstić information content (AvgIpc) is 3.00. The fourth-order valence-corrected chi connectivity index (χ4v) is 5.73. The summed E-state index contributed by atoms with van der Waals surface area (Å²) in [5.41, 5.74) is 3.03. The van der Waals surface area contributed by atoms with Gasteiger partial charge in [0.2, 0.25) is 0 Å². The number of halogens is 2. The Hall–Kier alpha value is -1.38. The third kappa shape index (κ3) is 5.36. The maximum atomic E-state index is 12.4. The molecule has 0 radical (unpaired) electrons. The van der Waals surface area contributed by atoms with E-state index in [0.29, 0.717) is 4.91 Å². The number of anilines is 1. The van der Waals surface area contributed by atoms with Crippen LogP contribution in [0.15, 0.2) is 41.3 Å². The molecule has 0 aliphatic carbocycles. The minimum atomic E-state index is -0.192. The molecule has 0 aromatic heterocycles. The van der Waals surface area contributed by atoms with Crippen molar-refractivity contribution in [3.8, 4) is 18.1 Å². The first-order valence-electron chi connectivity index (χ1n) is 8.60. The van der Waals surface area contributed by atoms with Crippen LogP contribution in [0.3, 0.4) is 0 Å². The first-order valence-corrected chi connectivity index (χ1v) is 11.6. The molecule has 3 rings (SSSR count). The van der Waals surface area contributed by atoms with Crippen molar-refractivity contribution in [2.45, 2.75) is 18.8 Å². The smallest absolute Gasteiger partial charge is 0.260 e. The van der Waals surface area contributed by atoms with E-state index in [2.05, 4.69) is 80.8 Å². The van der Waals surface area contributed by atoms with Gasteiger partial charge in [-0.15, -0.1) is 6.42 Å². The van der Waals surface area contributed by atoms with Crippen LogP contribution in [0.5, 0.6) is 5.75 Å². The fraction of sp³-hybridized carbons (Fsp3) is 0.190. The Labute approximate surface area is 196 Å². The number of hydrogen-bond donors (Lipinski definition) is 2. The molecule has 0 spiro atoms. The van der Waals surface area contributed by atoms with Crippen LogP contribution in [0.25, 0.3) is 6.08 Å². The van der Waals surface area contributed by atoms with Crippen LogP contribution in [0.4, 0.5) is 5.69 Å². The molecule has 0 bridgehead atoms. The van der Waals surface area contributed by atoms with Crippen molar-refractivity contribution >= 4 is 74.6 Å². The van der Waals surface area contributed by atoms with Crippen molar-refractivity contribution in [1.82, 2.24) is 5.32 Å². The van der Waals surface area contributed by atoms with E-state index in [9.17, 15) is 4.79 Å². The summed E-state index contributed by atoms with van der Waals surface area (Å²) in [6, 6.07) is 12.2. The van der Waals surface area contributed by atoms with Crippen LogP contribution >= 0.6 is 56.9 Å². The fourth-order valence-electron chi connectivity index (χ4n) is 2.62. The predicted molar refractivity (Wildman–Crippen MR) is 133 cm³/mol. The highest BCUT2D eigenvalue weighted by molar-refractivity contribution is 14.1. The molecule has 2 N–H and O–H groups in total. The minimum absolute atomic E-state index is 0.0784. The Morgan fingerprint density at radius 3 is 2.57 bits per heavy atom. The highest BCUT2D eigenvalue weighted by Gasteiger charge is 2.27. The Morgan fingerprint density at radius 1 is 1.29 bits per heavy atom. The normalized spacial score (nSPS) is 17.3. The van der Waals surface area contributed by atoms with Crippen LogP contribution in [0.2, 0.25) is 0 Å². The maximum absolute atomic E-state index is 12.4. The molecule has 7 heteroatoms. The zero-order valence-electron chi connectivity index (χ0n) is 15.1. The van der Waals surface area contributed by atoms with Crippen molar-refractivity contribution in [3.05, 3.63) is 59.6 Å². The lowest BCUT2D eigenvalue weighted by atomic mass is 10.1. The monoisotopic (exact) mass is 616 g/mol. The lowest BCUT2D eigenvalue weighted by Gasteiger charge is -2.13. The Morgan fingerprint density at radius 2 is 1.96 bits per heavy atom. The molecular formula is C21H18I2N2O2S. The summed E-state index contributed by atoms with van der Waals surface area (Å²) in [4.78, 5) is 13.0. The van der Waals surface area contributed by atoms with E-state index >= 15 is 0 Å². The second-order valence-corrected chi connectivity index (χ2v) is 9.45. The molecule has 0 saturated carbocycles. The van der Waals surface area contributed by atoms with Crippen LogP contribution in [-0.4, -0.2) is 18.0 Å². The van der Waals surface area contributed by atoms with Gasteiger partial charge in [0.15, 0.2) is 5.50 Å². The molecule has 1 saturated heterocycles. The first-order chi connectivity index (χ1) is 13.5. The number of ether oxygens (including phenoxy) is 1. The molecule has 0 unspecified atom stereocenters. The summed E-state index contributed by atoms with van der Waals surface area (Å²) in [6.45, 7) is 2.36. The largest absolute Gasteiger partial charge is 0.479 e. The van der Waals surface area contributed by atoms with E-state index < -0.39 is 0 Å². The maximum Gasteiger partial charge on any atom is 0.260 e. The summed E-state index contributed by atoms with van der Waals surface area (Å²) >= 11 is 5.92.